The summed E-state index contributed by atoms with van der Waals surface area (Å²) in [5.74, 6) is -0.299. The molecule has 0 unspecified atom stereocenters. The summed E-state index contributed by atoms with van der Waals surface area (Å²) in [4.78, 5) is 0. The van der Waals surface area contributed by atoms with E-state index in [4.69, 9.17) is 15.7 Å². The molecule has 0 aromatic heterocycles. The van der Waals surface area contributed by atoms with Crippen molar-refractivity contribution in [1.82, 2.24) is 0 Å². The van der Waals surface area contributed by atoms with E-state index in [0.29, 0.717) is 22.6 Å². The molecule has 19 heavy (non-hydrogen) atoms. The van der Waals surface area contributed by atoms with Crippen molar-refractivity contribution in [1.29, 1.82) is 5.26 Å². The van der Waals surface area contributed by atoms with Crippen LogP contribution in [0.2, 0.25) is 0 Å². The molecule has 4 nitrogen and oxygen atoms in total. The smallest absolute Gasteiger partial charge is 0.165 e. The van der Waals surface area contributed by atoms with E-state index in [1.54, 1.807) is 24.3 Å². The number of methoxy groups -OCH3 is 1. The first-order chi connectivity index (χ1) is 9.15. The Morgan fingerprint density at radius 1 is 1.32 bits per heavy atom. The molecule has 5 heteroatoms. The maximum absolute atomic E-state index is 13.3. The van der Waals surface area contributed by atoms with E-state index >= 15 is 0 Å². The third-order valence-corrected chi connectivity index (χ3v) is 2.66. The summed E-state index contributed by atoms with van der Waals surface area (Å²) < 4.78 is 18.2. The van der Waals surface area contributed by atoms with Gasteiger partial charge in [-0.1, -0.05) is 6.07 Å². The Hall–Kier alpha value is -2.74. The molecule has 0 saturated heterocycles. The minimum Gasteiger partial charge on any atom is -0.494 e. The number of nitrogens with one attached hydrogen (secondary N) is 1. The lowest BCUT2D eigenvalue weighted by atomic mass is 10.1. The van der Waals surface area contributed by atoms with Gasteiger partial charge in [-0.15, -0.1) is 0 Å². The Kier molecular flexibility index (Phi) is 3.53. The standard InChI is InChI=1S/C14H12FN3O/c1-19-13-7-10(5-6-11(13)15)18-12-4-2-3-9(8-16)14(12)17/h2-7,18H,17H2,1H3. The maximum atomic E-state index is 13.3. The van der Waals surface area contributed by atoms with Crippen LogP contribution in [0.5, 0.6) is 5.75 Å². The fourth-order valence-corrected chi connectivity index (χ4v) is 1.66. The lowest BCUT2D eigenvalue weighted by Crippen LogP contribution is -1.99. The SMILES string of the molecule is COc1cc(Nc2cccc(C#N)c2N)ccc1F. The van der Waals surface area contributed by atoms with Gasteiger partial charge >= 0.3 is 0 Å². The van der Waals surface area contributed by atoms with E-state index in [9.17, 15) is 4.39 Å². The summed E-state index contributed by atoms with van der Waals surface area (Å²) in [7, 11) is 1.40. The van der Waals surface area contributed by atoms with E-state index < -0.39 is 5.82 Å². The number of nitrogen functional groups attached to an aromatic ring is 1. The van der Waals surface area contributed by atoms with Crippen molar-refractivity contribution in [3.8, 4) is 11.8 Å². The summed E-state index contributed by atoms with van der Waals surface area (Å²) in [5, 5.41) is 11.9. The molecule has 0 spiro atoms. The van der Waals surface area contributed by atoms with Gasteiger partial charge in [0.15, 0.2) is 11.6 Å². The van der Waals surface area contributed by atoms with Crippen molar-refractivity contribution in [3.63, 3.8) is 0 Å². The lowest BCUT2D eigenvalue weighted by Gasteiger charge is -2.11. The topological polar surface area (TPSA) is 71.1 Å². The van der Waals surface area contributed by atoms with Gasteiger partial charge in [0.25, 0.3) is 0 Å². The van der Waals surface area contributed by atoms with Gasteiger partial charge in [-0.3, -0.25) is 0 Å². The summed E-state index contributed by atoms with van der Waals surface area (Å²) in [6.07, 6.45) is 0. The summed E-state index contributed by atoms with van der Waals surface area (Å²) in [6.45, 7) is 0. The molecule has 0 fully saturated rings. The predicted molar refractivity (Wildman–Crippen MR) is 71.8 cm³/mol. The highest BCUT2D eigenvalue weighted by Crippen LogP contribution is 2.28. The van der Waals surface area contributed by atoms with Crippen LogP contribution < -0.4 is 15.8 Å². The monoisotopic (exact) mass is 257 g/mol. The molecule has 2 aromatic rings. The Bertz CT molecular complexity index is 650. The van der Waals surface area contributed by atoms with E-state index in [0.717, 1.165) is 0 Å². The molecule has 0 heterocycles. The fraction of sp³-hybridized carbons (Fsp3) is 0.0714. The number of halogens is 1. The van der Waals surface area contributed by atoms with Crippen molar-refractivity contribution in [2.45, 2.75) is 0 Å². The van der Waals surface area contributed by atoms with Gasteiger partial charge in [0, 0.05) is 11.8 Å². The number of ether oxygens (including phenoxy) is 1. The molecule has 96 valence electrons. The van der Waals surface area contributed by atoms with E-state index in [2.05, 4.69) is 5.32 Å². The molecule has 0 radical (unpaired) electrons. The van der Waals surface area contributed by atoms with E-state index in [1.165, 1.54) is 19.2 Å². The van der Waals surface area contributed by atoms with Crippen LogP contribution in [0.3, 0.4) is 0 Å². The highest BCUT2D eigenvalue weighted by molar-refractivity contribution is 5.77. The average Bonchev–Trinajstić information content (AvgIpc) is 2.43. The Morgan fingerprint density at radius 3 is 2.79 bits per heavy atom. The highest BCUT2D eigenvalue weighted by atomic mass is 19.1. The van der Waals surface area contributed by atoms with Crippen LogP contribution >= 0.6 is 0 Å². The fourth-order valence-electron chi connectivity index (χ4n) is 1.66. The van der Waals surface area contributed by atoms with Crippen LogP contribution in [0.1, 0.15) is 5.56 Å². The van der Waals surface area contributed by atoms with Crippen LogP contribution in [0.25, 0.3) is 0 Å². The number of nitrogens with two attached hydrogens (primary N) is 1. The van der Waals surface area contributed by atoms with Gasteiger partial charge in [0.2, 0.25) is 0 Å². The summed E-state index contributed by atoms with van der Waals surface area (Å²) in [6, 6.07) is 11.5. The molecule has 0 bridgehead atoms. The van der Waals surface area contributed by atoms with Gasteiger partial charge in [-0.05, 0) is 24.3 Å². The lowest BCUT2D eigenvalue weighted by molar-refractivity contribution is 0.387. The summed E-state index contributed by atoms with van der Waals surface area (Å²) in [5.41, 5.74) is 7.81. The zero-order valence-electron chi connectivity index (χ0n) is 10.3. The van der Waals surface area contributed by atoms with Crippen molar-refractivity contribution in [2.24, 2.45) is 0 Å². The molecule has 3 N–H and O–H groups in total. The van der Waals surface area contributed by atoms with Crippen LogP contribution in [0.15, 0.2) is 36.4 Å². The Morgan fingerprint density at radius 2 is 2.11 bits per heavy atom. The van der Waals surface area contributed by atoms with Crippen LogP contribution in [0.4, 0.5) is 21.5 Å². The van der Waals surface area contributed by atoms with Crippen molar-refractivity contribution in [2.75, 3.05) is 18.2 Å². The second-order valence-electron chi connectivity index (χ2n) is 3.85. The van der Waals surface area contributed by atoms with Crippen LogP contribution in [-0.2, 0) is 0 Å². The van der Waals surface area contributed by atoms with Gasteiger partial charge in [0.1, 0.15) is 6.07 Å². The molecular weight excluding hydrogens is 245 g/mol. The molecule has 0 amide bonds. The molecule has 0 aliphatic heterocycles. The molecule has 2 aromatic carbocycles. The number of anilines is 3. The van der Waals surface area contributed by atoms with Crippen LogP contribution in [0, 0.1) is 17.1 Å². The second kappa shape index (κ2) is 5.27. The number of benzene rings is 2. The molecule has 0 aliphatic carbocycles. The van der Waals surface area contributed by atoms with E-state index in [-0.39, 0.29) is 5.75 Å². The van der Waals surface area contributed by atoms with Gasteiger partial charge < -0.3 is 15.8 Å². The number of para-hydroxylation sites is 1. The van der Waals surface area contributed by atoms with Gasteiger partial charge in [-0.2, -0.15) is 5.26 Å². The van der Waals surface area contributed by atoms with Crippen LogP contribution in [-0.4, -0.2) is 7.11 Å². The van der Waals surface area contributed by atoms with Crippen molar-refractivity contribution >= 4 is 17.1 Å². The minimum absolute atomic E-state index is 0.139. The normalized spacial score (nSPS) is 9.74. The Labute approximate surface area is 110 Å². The number of hydrogen-bond donors (Lipinski definition) is 2. The number of nitrogens with zero attached hydrogens (tertiary/aromatic N) is 1. The number of nitriles is 1. The first-order valence-corrected chi connectivity index (χ1v) is 5.55. The van der Waals surface area contributed by atoms with E-state index in [1.807, 2.05) is 6.07 Å². The molecule has 0 atom stereocenters. The van der Waals surface area contributed by atoms with Gasteiger partial charge in [-0.25, -0.2) is 4.39 Å². The molecule has 2 rings (SSSR count). The maximum Gasteiger partial charge on any atom is 0.165 e. The highest BCUT2D eigenvalue weighted by Gasteiger charge is 2.07. The van der Waals surface area contributed by atoms with Gasteiger partial charge in [0.05, 0.1) is 24.0 Å². The third-order valence-electron chi connectivity index (χ3n) is 2.66. The quantitative estimate of drug-likeness (QED) is 0.829. The third kappa shape index (κ3) is 2.58. The molecule has 0 saturated carbocycles. The second-order valence-corrected chi connectivity index (χ2v) is 3.85. The Balaban J connectivity index is 2.34. The first kappa shape index (κ1) is 12.7. The predicted octanol–water partition coefficient (Wildman–Crippen LogP) is 3.03. The van der Waals surface area contributed by atoms with Crippen molar-refractivity contribution < 1.29 is 9.13 Å². The van der Waals surface area contributed by atoms with Crippen molar-refractivity contribution in [3.05, 3.63) is 47.8 Å². The number of rotatable bonds is 3. The zero-order valence-corrected chi connectivity index (χ0v) is 10.3. The largest absolute Gasteiger partial charge is 0.494 e. The summed E-state index contributed by atoms with van der Waals surface area (Å²) >= 11 is 0. The minimum atomic E-state index is -0.438. The zero-order chi connectivity index (χ0) is 13.8. The molecule has 0 aliphatic rings. The first-order valence-electron chi connectivity index (χ1n) is 5.55. The number of hydrogen-bond acceptors (Lipinski definition) is 4. The molecular formula is C14H12FN3O. The average molecular weight is 257 g/mol.